The van der Waals surface area contributed by atoms with Crippen molar-refractivity contribution in [3.05, 3.63) is 59.7 Å². The van der Waals surface area contributed by atoms with Crippen molar-refractivity contribution in [2.75, 3.05) is 0 Å². The van der Waals surface area contributed by atoms with Crippen molar-refractivity contribution < 1.29 is 9.90 Å². The fourth-order valence-corrected chi connectivity index (χ4v) is 2.51. The van der Waals surface area contributed by atoms with E-state index in [1.54, 1.807) is 13.8 Å². The summed E-state index contributed by atoms with van der Waals surface area (Å²) < 4.78 is 0. The number of aryl methyl sites for hydroxylation is 1. The number of carbonyl (C=O) groups is 1. The number of hydrogen-bond donors (Lipinski definition) is 1. The van der Waals surface area contributed by atoms with Crippen LogP contribution in [0.25, 0.3) is 11.1 Å². The van der Waals surface area contributed by atoms with Gasteiger partial charge in [0.05, 0.1) is 6.10 Å². The van der Waals surface area contributed by atoms with Gasteiger partial charge in [-0.3, -0.25) is 4.79 Å². The second kappa shape index (κ2) is 7.19. The average molecular weight is 282 g/mol. The van der Waals surface area contributed by atoms with Crippen LogP contribution in [0.4, 0.5) is 0 Å². The molecule has 0 spiro atoms. The zero-order valence-electron chi connectivity index (χ0n) is 12.7. The number of rotatable bonds is 6. The van der Waals surface area contributed by atoms with Gasteiger partial charge in [0.2, 0.25) is 0 Å². The summed E-state index contributed by atoms with van der Waals surface area (Å²) in [5.41, 5.74) is 3.98. The highest BCUT2D eigenvalue weighted by Gasteiger charge is 2.10. The Hall–Kier alpha value is -1.93. The summed E-state index contributed by atoms with van der Waals surface area (Å²) >= 11 is 0. The molecule has 0 fully saturated rings. The Morgan fingerprint density at radius 3 is 2.48 bits per heavy atom. The predicted molar refractivity (Wildman–Crippen MR) is 86.5 cm³/mol. The molecule has 1 unspecified atom stereocenters. The van der Waals surface area contributed by atoms with Gasteiger partial charge in [0, 0.05) is 5.56 Å². The maximum atomic E-state index is 11.9. The molecule has 0 bridgehead atoms. The monoisotopic (exact) mass is 282 g/mol. The van der Waals surface area contributed by atoms with Crippen molar-refractivity contribution in [2.45, 2.75) is 39.2 Å². The second-order valence-corrected chi connectivity index (χ2v) is 5.54. The largest absolute Gasteiger partial charge is 0.393 e. The Morgan fingerprint density at radius 1 is 1.14 bits per heavy atom. The number of aliphatic hydroxyl groups is 1. The number of Topliss-reactive ketones (excluding diaryl/α,β-unsaturated/α-hetero) is 1. The van der Waals surface area contributed by atoms with Gasteiger partial charge >= 0.3 is 0 Å². The van der Waals surface area contributed by atoms with E-state index in [0.717, 1.165) is 41.5 Å². The van der Waals surface area contributed by atoms with Crippen molar-refractivity contribution in [3.8, 4) is 11.1 Å². The molecule has 0 aliphatic rings. The lowest BCUT2D eigenvalue weighted by molar-refractivity contribution is 0.101. The number of hydrogen-bond acceptors (Lipinski definition) is 2. The van der Waals surface area contributed by atoms with Crippen LogP contribution in [0.15, 0.2) is 48.5 Å². The number of aliphatic hydroxyl groups excluding tert-OH is 1. The third-order valence-corrected chi connectivity index (χ3v) is 3.64. The van der Waals surface area contributed by atoms with E-state index in [1.807, 2.05) is 42.5 Å². The summed E-state index contributed by atoms with van der Waals surface area (Å²) in [6.45, 7) is 3.42. The highest BCUT2D eigenvalue weighted by Crippen LogP contribution is 2.25. The Bertz CT molecular complexity index is 600. The van der Waals surface area contributed by atoms with Crippen LogP contribution in [0, 0.1) is 0 Å². The van der Waals surface area contributed by atoms with E-state index < -0.39 is 0 Å². The average Bonchev–Trinajstić information content (AvgIpc) is 2.47. The molecular weight excluding hydrogens is 260 g/mol. The van der Waals surface area contributed by atoms with Gasteiger partial charge in [-0.25, -0.2) is 0 Å². The molecule has 0 radical (unpaired) electrons. The summed E-state index contributed by atoms with van der Waals surface area (Å²) in [6.07, 6.45) is 2.34. The minimum atomic E-state index is -0.263. The van der Waals surface area contributed by atoms with Crippen molar-refractivity contribution >= 4 is 5.78 Å². The molecule has 110 valence electrons. The van der Waals surface area contributed by atoms with Crippen molar-refractivity contribution in [1.82, 2.24) is 0 Å². The summed E-state index contributed by atoms with van der Waals surface area (Å²) in [5.74, 6) is 0.0891. The van der Waals surface area contributed by atoms with E-state index in [1.165, 1.54) is 0 Å². The molecule has 21 heavy (non-hydrogen) atoms. The van der Waals surface area contributed by atoms with Gasteiger partial charge in [0.1, 0.15) is 0 Å². The van der Waals surface area contributed by atoms with Crippen LogP contribution in [0.2, 0.25) is 0 Å². The minimum Gasteiger partial charge on any atom is -0.393 e. The predicted octanol–water partition coefficient (Wildman–Crippen LogP) is 4.26. The molecule has 2 aromatic rings. The molecule has 0 aromatic heterocycles. The third-order valence-electron chi connectivity index (χ3n) is 3.64. The van der Waals surface area contributed by atoms with Crippen LogP contribution in [0.1, 0.15) is 42.6 Å². The zero-order chi connectivity index (χ0) is 15.2. The second-order valence-electron chi connectivity index (χ2n) is 5.54. The molecule has 0 amide bonds. The number of benzene rings is 2. The van der Waals surface area contributed by atoms with Crippen LogP contribution in [-0.2, 0) is 6.42 Å². The summed E-state index contributed by atoms with van der Waals surface area (Å²) in [7, 11) is 0. The molecule has 1 atom stereocenters. The van der Waals surface area contributed by atoms with Crippen LogP contribution >= 0.6 is 0 Å². The van der Waals surface area contributed by atoms with Gasteiger partial charge in [-0.2, -0.15) is 0 Å². The fourth-order valence-electron chi connectivity index (χ4n) is 2.51. The highest BCUT2D eigenvalue weighted by atomic mass is 16.3. The van der Waals surface area contributed by atoms with Crippen LogP contribution in [0.5, 0.6) is 0 Å². The molecule has 2 rings (SSSR count). The van der Waals surface area contributed by atoms with Gasteiger partial charge in [-0.15, -0.1) is 0 Å². The van der Waals surface area contributed by atoms with Crippen LogP contribution < -0.4 is 0 Å². The Kier molecular flexibility index (Phi) is 5.29. The van der Waals surface area contributed by atoms with Crippen molar-refractivity contribution in [2.24, 2.45) is 0 Å². The summed E-state index contributed by atoms with van der Waals surface area (Å²) in [4.78, 5) is 11.9. The van der Waals surface area contributed by atoms with Crippen molar-refractivity contribution in [1.29, 1.82) is 0 Å². The Morgan fingerprint density at radius 2 is 1.86 bits per heavy atom. The lowest BCUT2D eigenvalue weighted by Crippen LogP contribution is -2.01. The van der Waals surface area contributed by atoms with Crippen molar-refractivity contribution in [3.63, 3.8) is 0 Å². The molecule has 1 N–H and O–H groups in total. The number of carbonyl (C=O) groups excluding carboxylic acids is 1. The topological polar surface area (TPSA) is 37.3 Å². The molecular formula is C19H22O2. The Balaban J connectivity index is 2.26. The van der Waals surface area contributed by atoms with Crippen LogP contribution in [-0.4, -0.2) is 17.0 Å². The van der Waals surface area contributed by atoms with E-state index in [-0.39, 0.29) is 11.9 Å². The summed E-state index contributed by atoms with van der Waals surface area (Å²) in [6, 6.07) is 16.1. The molecule has 0 aliphatic carbocycles. The van der Waals surface area contributed by atoms with Crippen LogP contribution in [0.3, 0.4) is 0 Å². The van der Waals surface area contributed by atoms with E-state index >= 15 is 0 Å². The normalized spacial score (nSPS) is 12.1. The SMILES string of the molecule is CC(=O)c1cc(CCCC(C)O)ccc1-c1ccccc1. The number of ketones is 1. The summed E-state index contributed by atoms with van der Waals surface area (Å²) in [5, 5.41) is 9.31. The third kappa shape index (κ3) is 4.27. The fraction of sp³-hybridized carbons (Fsp3) is 0.316. The first-order chi connectivity index (χ1) is 10.1. The van der Waals surface area contributed by atoms with E-state index in [2.05, 4.69) is 6.07 Å². The molecule has 2 heteroatoms. The first kappa shape index (κ1) is 15.5. The van der Waals surface area contributed by atoms with E-state index in [4.69, 9.17) is 0 Å². The lowest BCUT2D eigenvalue weighted by Gasteiger charge is -2.10. The van der Waals surface area contributed by atoms with E-state index in [9.17, 15) is 9.90 Å². The maximum absolute atomic E-state index is 11.9. The van der Waals surface area contributed by atoms with Gasteiger partial charge in [-0.05, 0) is 55.9 Å². The lowest BCUT2D eigenvalue weighted by atomic mass is 9.94. The molecule has 2 aromatic carbocycles. The molecule has 0 aliphatic heterocycles. The minimum absolute atomic E-state index is 0.0891. The molecule has 0 saturated carbocycles. The van der Waals surface area contributed by atoms with E-state index in [0.29, 0.717) is 0 Å². The van der Waals surface area contributed by atoms with Gasteiger partial charge in [-0.1, -0.05) is 42.5 Å². The smallest absolute Gasteiger partial charge is 0.160 e. The van der Waals surface area contributed by atoms with Gasteiger partial charge in [0.25, 0.3) is 0 Å². The highest BCUT2D eigenvalue weighted by molar-refractivity contribution is 6.01. The maximum Gasteiger partial charge on any atom is 0.160 e. The first-order valence-corrected chi connectivity index (χ1v) is 7.45. The van der Waals surface area contributed by atoms with Gasteiger partial charge in [0.15, 0.2) is 5.78 Å². The van der Waals surface area contributed by atoms with Gasteiger partial charge < -0.3 is 5.11 Å². The first-order valence-electron chi connectivity index (χ1n) is 7.45. The molecule has 2 nitrogen and oxygen atoms in total. The molecule has 0 saturated heterocycles. The zero-order valence-corrected chi connectivity index (χ0v) is 12.7. The quantitative estimate of drug-likeness (QED) is 0.804. The molecule has 0 heterocycles. The standard InChI is InChI=1S/C19H22O2/c1-14(20)7-6-8-16-11-12-18(19(13-16)15(2)21)17-9-4-3-5-10-17/h3-5,9-14,20H,6-8H2,1-2H3. The Labute approximate surface area is 126 Å².